The molecule has 0 saturated heterocycles. The number of para-hydroxylation sites is 2. The molecule has 0 N–H and O–H groups in total. The summed E-state index contributed by atoms with van der Waals surface area (Å²) in [6, 6.07) is 20.9. The fraction of sp³-hybridized carbons (Fsp3) is 0.357. The van der Waals surface area contributed by atoms with E-state index in [2.05, 4.69) is 53.1 Å². The van der Waals surface area contributed by atoms with Gasteiger partial charge in [0.1, 0.15) is 11.6 Å². The summed E-state index contributed by atoms with van der Waals surface area (Å²) < 4.78 is 8.13. The third-order valence-electron chi connectivity index (χ3n) is 6.68. The number of aromatic nitrogens is 2. The van der Waals surface area contributed by atoms with Crippen molar-refractivity contribution < 1.29 is 44.2 Å². The van der Waals surface area contributed by atoms with E-state index >= 15 is 0 Å². The molecule has 0 radical (unpaired) electrons. The molecule has 0 amide bonds. The first kappa shape index (κ1) is 24.8. The van der Waals surface area contributed by atoms with E-state index in [1.807, 2.05) is 12.1 Å². The molecule has 0 spiro atoms. The Morgan fingerprint density at radius 3 is 2.59 bits per heavy atom. The Bertz CT molecular complexity index is 1280. The van der Waals surface area contributed by atoms with Crippen molar-refractivity contribution in [3.8, 4) is 17.1 Å². The predicted molar refractivity (Wildman–Crippen MR) is 129 cm³/mol. The monoisotopic (exact) mass is 464 g/mol. The molecule has 1 fully saturated rings. The number of rotatable bonds is 8. The van der Waals surface area contributed by atoms with E-state index < -0.39 is 5.97 Å². The largest absolute Gasteiger partial charge is 1.00 e. The molecule has 5 nitrogen and oxygen atoms in total. The maximum absolute atomic E-state index is 10.6. The number of benzene rings is 3. The van der Waals surface area contributed by atoms with Crippen LogP contribution in [-0.4, -0.2) is 22.1 Å². The summed E-state index contributed by atoms with van der Waals surface area (Å²) >= 11 is 0. The Labute approximate surface area is 222 Å². The number of fused-ring (bicyclic) bond motifs is 2. The number of carboxylic acid groups (broad SMARTS) is 1. The fourth-order valence-electron chi connectivity index (χ4n) is 4.97. The molecule has 0 aliphatic heterocycles. The predicted octanol–water partition coefficient (Wildman–Crippen LogP) is 2.35. The number of nitrogens with zero attached hydrogens (tertiary/aromatic N) is 2. The summed E-state index contributed by atoms with van der Waals surface area (Å²) in [5, 5.41) is 12.8. The molecular formula is C28H29N2NaO3. The van der Waals surface area contributed by atoms with E-state index in [1.165, 1.54) is 37.6 Å². The third-order valence-corrected chi connectivity index (χ3v) is 6.68. The Morgan fingerprint density at radius 2 is 1.76 bits per heavy atom. The molecule has 1 aromatic heterocycles. The summed E-state index contributed by atoms with van der Waals surface area (Å²) in [7, 11) is 0. The van der Waals surface area contributed by atoms with Crippen LogP contribution in [0.5, 0.6) is 5.75 Å². The number of ether oxygens (including phenoxy) is 1. The van der Waals surface area contributed by atoms with Gasteiger partial charge in [0.15, 0.2) is 0 Å². The summed E-state index contributed by atoms with van der Waals surface area (Å²) in [6.07, 6.45) is 7.09. The van der Waals surface area contributed by atoms with Crippen LogP contribution in [0.15, 0.2) is 60.7 Å². The van der Waals surface area contributed by atoms with Gasteiger partial charge in [0.2, 0.25) is 0 Å². The van der Waals surface area contributed by atoms with Crippen LogP contribution in [0.4, 0.5) is 0 Å². The average Bonchev–Trinajstić information content (AvgIpc) is 3.20. The van der Waals surface area contributed by atoms with E-state index in [0.29, 0.717) is 18.9 Å². The van der Waals surface area contributed by atoms with E-state index in [9.17, 15) is 9.90 Å². The van der Waals surface area contributed by atoms with Crippen LogP contribution in [0.25, 0.3) is 33.2 Å². The molecule has 3 aromatic carbocycles. The Hall–Kier alpha value is -2.34. The molecular weight excluding hydrogens is 435 g/mol. The minimum atomic E-state index is -1.04. The Kier molecular flexibility index (Phi) is 8.30. The van der Waals surface area contributed by atoms with Crippen LogP contribution in [0.2, 0.25) is 0 Å². The number of aliphatic carboxylic acids is 1. The van der Waals surface area contributed by atoms with Crippen LogP contribution in [0, 0.1) is 5.92 Å². The standard InChI is InChI=1S/C28H30N2O3.Na/c31-27(32)11-6-16-33-24-15-14-21-17-23(13-12-22(21)18-24)28-29-25-9-4-5-10-26(25)30(28)19-20-7-2-1-3-8-20;/h4-5,9-10,12-15,17-18,20H,1-3,6-8,11,16,19H2,(H,31,32);/q;+1/p-1. The second-order valence-corrected chi connectivity index (χ2v) is 9.09. The van der Waals surface area contributed by atoms with Crippen molar-refractivity contribution >= 4 is 27.8 Å². The van der Waals surface area contributed by atoms with E-state index in [4.69, 9.17) is 9.72 Å². The van der Waals surface area contributed by atoms with Crippen molar-refractivity contribution in [3.63, 3.8) is 0 Å². The van der Waals surface area contributed by atoms with Crippen LogP contribution in [0.1, 0.15) is 44.9 Å². The number of hydrogen-bond acceptors (Lipinski definition) is 4. The van der Waals surface area contributed by atoms with Gasteiger partial charge in [-0.05, 0) is 72.7 Å². The van der Waals surface area contributed by atoms with Gasteiger partial charge >= 0.3 is 29.6 Å². The number of hydrogen-bond donors (Lipinski definition) is 0. The van der Waals surface area contributed by atoms with Crippen molar-refractivity contribution in [1.82, 2.24) is 9.55 Å². The molecule has 1 aliphatic rings. The topological polar surface area (TPSA) is 67.2 Å². The number of carbonyl (C=O) groups excluding carboxylic acids is 1. The van der Waals surface area contributed by atoms with Gasteiger partial charge in [0.05, 0.1) is 17.6 Å². The van der Waals surface area contributed by atoms with Gasteiger partial charge in [-0.3, -0.25) is 0 Å². The molecule has 170 valence electrons. The van der Waals surface area contributed by atoms with Gasteiger partial charge in [-0.25, -0.2) is 4.98 Å². The van der Waals surface area contributed by atoms with Gasteiger partial charge in [-0.15, -0.1) is 0 Å². The molecule has 0 bridgehead atoms. The number of carboxylic acids is 1. The molecule has 0 atom stereocenters. The van der Waals surface area contributed by atoms with Crippen LogP contribution >= 0.6 is 0 Å². The zero-order valence-electron chi connectivity index (χ0n) is 19.8. The zero-order chi connectivity index (χ0) is 22.6. The minimum Gasteiger partial charge on any atom is -0.550 e. The number of imidazole rings is 1. The Balaban J connectivity index is 0.00000274. The third kappa shape index (κ3) is 5.65. The first-order chi connectivity index (χ1) is 16.2. The molecule has 0 unspecified atom stereocenters. The van der Waals surface area contributed by atoms with Gasteiger partial charge in [-0.1, -0.05) is 49.6 Å². The Morgan fingerprint density at radius 1 is 1.00 bits per heavy atom. The van der Waals surface area contributed by atoms with Crippen LogP contribution in [0.3, 0.4) is 0 Å². The van der Waals surface area contributed by atoms with Crippen molar-refractivity contribution in [3.05, 3.63) is 60.7 Å². The maximum atomic E-state index is 10.6. The van der Waals surface area contributed by atoms with Crippen molar-refractivity contribution in [2.75, 3.05) is 6.61 Å². The maximum Gasteiger partial charge on any atom is 1.00 e. The van der Waals surface area contributed by atoms with Gasteiger partial charge in [0.25, 0.3) is 0 Å². The molecule has 34 heavy (non-hydrogen) atoms. The average molecular weight is 465 g/mol. The molecule has 1 heterocycles. The van der Waals surface area contributed by atoms with Gasteiger partial charge in [-0.2, -0.15) is 0 Å². The van der Waals surface area contributed by atoms with Crippen LogP contribution in [-0.2, 0) is 11.3 Å². The summed E-state index contributed by atoms with van der Waals surface area (Å²) in [4.78, 5) is 15.6. The summed E-state index contributed by atoms with van der Waals surface area (Å²) in [5.41, 5.74) is 3.37. The smallest absolute Gasteiger partial charge is 0.550 e. The summed E-state index contributed by atoms with van der Waals surface area (Å²) in [6.45, 7) is 1.38. The molecule has 6 heteroatoms. The SMILES string of the molecule is O=C([O-])CCCOc1ccc2cc(-c3nc4ccccc4n3CC3CCCCC3)ccc2c1.[Na+]. The molecule has 1 saturated carbocycles. The quantitative estimate of drug-likeness (QED) is 0.297. The molecule has 4 aromatic rings. The first-order valence-corrected chi connectivity index (χ1v) is 12.0. The van der Waals surface area contributed by atoms with Gasteiger partial charge in [0, 0.05) is 18.1 Å². The van der Waals surface area contributed by atoms with Crippen molar-refractivity contribution in [1.29, 1.82) is 0 Å². The van der Waals surface area contributed by atoms with E-state index in [0.717, 1.165) is 40.0 Å². The minimum absolute atomic E-state index is 0. The van der Waals surface area contributed by atoms with E-state index in [-0.39, 0.29) is 36.0 Å². The second kappa shape index (κ2) is 11.4. The molecule has 1 aliphatic carbocycles. The molecule has 5 rings (SSSR count). The van der Waals surface area contributed by atoms with Crippen LogP contribution < -0.4 is 39.4 Å². The normalized spacial score (nSPS) is 14.2. The summed E-state index contributed by atoms with van der Waals surface area (Å²) in [5.74, 6) is 1.45. The van der Waals surface area contributed by atoms with Crippen molar-refractivity contribution in [2.24, 2.45) is 5.92 Å². The van der Waals surface area contributed by atoms with E-state index in [1.54, 1.807) is 0 Å². The van der Waals surface area contributed by atoms with Gasteiger partial charge < -0.3 is 19.2 Å². The van der Waals surface area contributed by atoms with Crippen molar-refractivity contribution in [2.45, 2.75) is 51.5 Å². The fourth-order valence-corrected chi connectivity index (χ4v) is 4.97. The second-order valence-electron chi connectivity index (χ2n) is 9.09. The number of carbonyl (C=O) groups is 1. The zero-order valence-corrected chi connectivity index (χ0v) is 21.8. The first-order valence-electron chi connectivity index (χ1n) is 12.0.